The van der Waals surface area contributed by atoms with Crippen molar-refractivity contribution in [3.63, 3.8) is 0 Å². The van der Waals surface area contributed by atoms with Crippen LogP contribution >= 0.6 is 11.6 Å². The summed E-state index contributed by atoms with van der Waals surface area (Å²) in [6.07, 6.45) is 0.598. The number of ether oxygens (including phenoxy) is 1. The molecular weight excluding hydrogens is 362 g/mol. The van der Waals surface area contributed by atoms with Crippen molar-refractivity contribution in [2.45, 2.75) is 50.9 Å². The lowest BCUT2D eigenvalue weighted by molar-refractivity contribution is -0.101. The van der Waals surface area contributed by atoms with Gasteiger partial charge in [0, 0.05) is 24.4 Å². The zero-order valence-electron chi connectivity index (χ0n) is 16.0. The third-order valence-electron chi connectivity index (χ3n) is 5.11. The zero-order valence-corrected chi connectivity index (χ0v) is 16.7. The number of amides is 1. The van der Waals surface area contributed by atoms with Crippen LogP contribution in [0, 0.1) is 0 Å². The van der Waals surface area contributed by atoms with Crippen LogP contribution < -0.4 is 0 Å². The van der Waals surface area contributed by atoms with Gasteiger partial charge in [0.2, 0.25) is 0 Å². The molecule has 0 unspecified atom stereocenters. The second-order valence-electron chi connectivity index (χ2n) is 7.89. The van der Waals surface area contributed by atoms with Gasteiger partial charge in [-0.3, -0.25) is 0 Å². The maximum Gasteiger partial charge on any atom is 0.411 e. The molecule has 4 nitrogen and oxygen atoms in total. The van der Waals surface area contributed by atoms with Crippen LogP contribution in [0.1, 0.15) is 50.8 Å². The van der Waals surface area contributed by atoms with Crippen LogP contribution in [0.25, 0.3) is 0 Å². The molecule has 0 aromatic heterocycles. The molecule has 1 N–H and O–H groups in total. The van der Waals surface area contributed by atoms with Crippen molar-refractivity contribution in [2.24, 2.45) is 0 Å². The van der Waals surface area contributed by atoms with Crippen molar-refractivity contribution in [3.05, 3.63) is 70.7 Å². The molecule has 1 saturated heterocycles. The highest BCUT2D eigenvalue weighted by Crippen LogP contribution is 2.42. The van der Waals surface area contributed by atoms with Crippen LogP contribution in [-0.4, -0.2) is 28.2 Å². The van der Waals surface area contributed by atoms with E-state index in [1.54, 1.807) is 18.7 Å². The molecule has 1 amide bonds. The van der Waals surface area contributed by atoms with Gasteiger partial charge in [0.05, 0.1) is 11.6 Å². The number of hydrogen-bond acceptors (Lipinski definition) is 3. The Morgan fingerprint density at radius 2 is 1.81 bits per heavy atom. The molecule has 0 radical (unpaired) electrons. The van der Waals surface area contributed by atoms with Gasteiger partial charge in [-0.2, -0.15) is 0 Å². The molecule has 2 aromatic carbocycles. The second kappa shape index (κ2) is 7.53. The lowest BCUT2D eigenvalue weighted by Crippen LogP contribution is -2.51. The number of carbonyl (C=O) groups excluding carboxylic acids is 1. The van der Waals surface area contributed by atoms with E-state index in [2.05, 4.69) is 0 Å². The predicted molar refractivity (Wildman–Crippen MR) is 107 cm³/mol. The SMILES string of the molecule is C[C@@H](c1ccc(Cl)cc1)N1CC[C@@](CC(C)(C)O)(c2ccccc2)OC1=O. The molecule has 0 saturated carbocycles. The quantitative estimate of drug-likeness (QED) is 0.757. The monoisotopic (exact) mass is 387 g/mol. The molecule has 0 aliphatic carbocycles. The highest BCUT2D eigenvalue weighted by Gasteiger charge is 2.46. The van der Waals surface area contributed by atoms with Gasteiger partial charge in [0.25, 0.3) is 0 Å². The van der Waals surface area contributed by atoms with Crippen LogP contribution in [0.4, 0.5) is 4.79 Å². The first-order valence-electron chi connectivity index (χ1n) is 9.23. The smallest absolute Gasteiger partial charge is 0.411 e. The molecule has 2 atom stereocenters. The minimum atomic E-state index is -0.958. The molecule has 1 fully saturated rings. The highest BCUT2D eigenvalue weighted by molar-refractivity contribution is 6.30. The van der Waals surface area contributed by atoms with Gasteiger partial charge < -0.3 is 14.7 Å². The van der Waals surface area contributed by atoms with E-state index >= 15 is 0 Å². The van der Waals surface area contributed by atoms with Crippen molar-refractivity contribution in [1.29, 1.82) is 0 Å². The van der Waals surface area contributed by atoms with Gasteiger partial charge in [-0.25, -0.2) is 4.79 Å². The van der Waals surface area contributed by atoms with Crippen LogP contribution in [0.15, 0.2) is 54.6 Å². The van der Waals surface area contributed by atoms with Gasteiger partial charge in [-0.15, -0.1) is 0 Å². The van der Waals surface area contributed by atoms with E-state index in [0.29, 0.717) is 24.4 Å². The minimum absolute atomic E-state index is 0.120. The fraction of sp³-hybridized carbons (Fsp3) is 0.409. The first kappa shape index (κ1) is 19.7. The number of rotatable bonds is 5. The molecule has 27 heavy (non-hydrogen) atoms. The van der Waals surface area contributed by atoms with Gasteiger partial charge in [-0.05, 0) is 44.0 Å². The number of cyclic esters (lactones) is 1. The Labute approximate surface area is 165 Å². The summed E-state index contributed by atoms with van der Waals surface area (Å²) in [7, 11) is 0. The summed E-state index contributed by atoms with van der Waals surface area (Å²) in [6.45, 7) is 6.02. The standard InChI is InChI=1S/C22H26ClNO3/c1-16(17-9-11-19(23)12-10-17)24-14-13-22(27-20(24)25,15-21(2,3)26)18-7-5-4-6-8-18/h4-12,16,26H,13-15H2,1-3H3/t16-,22+/m0/s1. The molecule has 144 valence electrons. The van der Waals surface area contributed by atoms with Gasteiger partial charge in [-0.1, -0.05) is 54.1 Å². The average molecular weight is 388 g/mol. The van der Waals surface area contributed by atoms with E-state index in [0.717, 1.165) is 11.1 Å². The number of halogens is 1. The van der Waals surface area contributed by atoms with E-state index in [4.69, 9.17) is 16.3 Å². The van der Waals surface area contributed by atoms with E-state index in [1.807, 2.05) is 61.5 Å². The normalized spacial score (nSPS) is 21.7. The lowest BCUT2D eigenvalue weighted by atomic mass is 9.80. The third-order valence-corrected chi connectivity index (χ3v) is 5.36. The number of hydrogen-bond donors (Lipinski definition) is 1. The summed E-state index contributed by atoms with van der Waals surface area (Å²) in [5.74, 6) is 0. The Morgan fingerprint density at radius 1 is 1.19 bits per heavy atom. The van der Waals surface area contributed by atoms with E-state index in [1.165, 1.54) is 0 Å². The zero-order chi connectivity index (χ0) is 19.7. The lowest BCUT2D eigenvalue weighted by Gasteiger charge is -2.45. The molecule has 3 rings (SSSR count). The van der Waals surface area contributed by atoms with Gasteiger partial charge >= 0.3 is 6.09 Å². The van der Waals surface area contributed by atoms with Crippen molar-refractivity contribution >= 4 is 17.7 Å². The molecule has 0 bridgehead atoms. The molecule has 1 heterocycles. The van der Waals surface area contributed by atoms with Crippen molar-refractivity contribution in [3.8, 4) is 0 Å². The summed E-state index contributed by atoms with van der Waals surface area (Å²) >= 11 is 5.97. The maximum atomic E-state index is 12.9. The molecular formula is C22H26ClNO3. The molecule has 5 heteroatoms. The number of benzene rings is 2. The fourth-order valence-corrected chi connectivity index (χ4v) is 3.94. The summed E-state index contributed by atoms with van der Waals surface area (Å²) in [6, 6.07) is 17.1. The minimum Gasteiger partial charge on any atom is -0.438 e. The predicted octanol–water partition coefficient (Wildman–Crippen LogP) is 5.30. The third kappa shape index (κ3) is 4.45. The number of aliphatic hydroxyl groups is 1. The number of carbonyl (C=O) groups is 1. The molecule has 0 spiro atoms. The second-order valence-corrected chi connectivity index (χ2v) is 8.32. The fourth-order valence-electron chi connectivity index (χ4n) is 3.81. The molecule has 2 aromatic rings. The van der Waals surface area contributed by atoms with Crippen LogP contribution in [0.2, 0.25) is 5.02 Å². The summed E-state index contributed by atoms with van der Waals surface area (Å²) in [5, 5.41) is 11.1. The van der Waals surface area contributed by atoms with Crippen molar-refractivity contribution < 1.29 is 14.6 Å². The Kier molecular flexibility index (Phi) is 5.50. The Morgan fingerprint density at radius 3 is 2.37 bits per heavy atom. The summed E-state index contributed by atoms with van der Waals surface area (Å²) in [5.41, 5.74) is 0.137. The van der Waals surface area contributed by atoms with Crippen molar-refractivity contribution in [2.75, 3.05) is 6.54 Å². The molecule has 1 aliphatic heterocycles. The van der Waals surface area contributed by atoms with E-state index < -0.39 is 11.2 Å². The molecule has 1 aliphatic rings. The first-order chi connectivity index (χ1) is 12.7. The van der Waals surface area contributed by atoms with E-state index in [-0.39, 0.29) is 12.1 Å². The first-order valence-corrected chi connectivity index (χ1v) is 9.61. The highest BCUT2D eigenvalue weighted by atomic mass is 35.5. The van der Waals surface area contributed by atoms with E-state index in [9.17, 15) is 9.90 Å². The average Bonchev–Trinajstić information content (AvgIpc) is 2.61. The van der Waals surface area contributed by atoms with Crippen LogP contribution in [0.5, 0.6) is 0 Å². The Balaban J connectivity index is 1.85. The maximum absolute atomic E-state index is 12.9. The van der Waals surface area contributed by atoms with Gasteiger partial charge in [0.1, 0.15) is 5.60 Å². The summed E-state index contributed by atoms with van der Waals surface area (Å²) in [4.78, 5) is 14.7. The van der Waals surface area contributed by atoms with Crippen molar-refractivity contribution in [1.82, 2.24) is 4.90 Å². The van der Waals surface area contributed by atoms with Crippen LogP contribution in [-0.2, 0) is 10.3 Å². The Hall–Kier alpha value is -2.04. The topological polar surface area (TPSA) is 49.8 Å². The largest absolute Gasteiger partial charge is 0.438 e. The summed E-state index contributed by atoms with van der Waals surface area (Å²) < 4.78 is 6.02. The Bertz CT molecular complexity index is 785. The number of nitrogens with zero attached hydrogens (tertiary/aromatic N) is 1. The van der Waals surface area contributed by atoms with Crippen LogP contribution in [0.3, 0.4) is 0 Å². The van der Waals surface area contributed by atoms with Gasteiger partial charge in [0.15, 0.2) is 0 Å².